The van der Waals surface area contributed by atoms with Crippen LogP contribution in [0.4, 0.5) is 5.69 Å². The second-order valence-electron chi connectivity index (χ2n) is 8.18. The summed E-state index contributed by atoms with van der Waals surface area (Å²) in [5, 5.41) is 3.07. The van der Waals surface area contributed by atoms with Crippen molar-refractivity contribution in [3.63, 3.8) is 0 Å². The third-order valence-electron chi connectivity index (χ3n) is 5.57. The maximum absolute atomic E-state index is 12.8. The Morgan fingerprint density at radius 2 is 1.62 bits per heavy atom. The standard InChI is InChI=1S/C23H30N2O3S/c1-16-6-5-7-20(14-16)15-29(27,28)25-10-8-21(9-11-25)23(26)24-22-18(3)12-17(2)13-19(22)4/h5-7,12-14,21H,8-11,15H2,1-4H3,(H,24,26). The van der Waals surface area contributed by atoms with Crippen molar-refractivity contribution >= 4 is 21.6 Å². The number of anilines is 1. The van der Waals surface area contributed by atoms with Crippen LogP contribution in [0.15, 0.2) is 36.4 Å². The average Bonchev–Trinajstić information content (AvgIpc) is 2.64. The molecule has 0 aliphatic carbocycles. The van der Waals surface area contributed by atoms with E-state index in [0.717, 1.165) is 27.9 Å². The first kappa shape index (κ1) is 21.5. The van der Waals surface area contributed by atoms with Crippen LogP contribution in [0, 0.1) is 33.6 Å². The first-order valence-corrected chi connectivity index (χ1v) is 11.7. The van der Waals surface area contributed by atoms with Gasteiger partial charge in [0.15, 0.2) is 0 Å². The number of benzene rings is 2. The van der Waals surface area contributed by atoms with Crippen LogP contribution in [-0.4, -0.2) is 31.7 Å². The Labute approximate surface area is 174 Å². The minimum absolute atomic E-state index is 0.00724. The van der Waals surface area contributed by atoms with E-state index in [1.165, 1.54) is 9.87 Å². The number of hydrogen-bond donors (Lipinski definition) is 1. The van der Waals surface area contributed by atoms with Crippen molar-refractivity contribution in [2.45, 2.75) is 46.3 Å². The summed E-state index contributed by atoms with van der Waals surface area (Å²) in [6.07, 6.45) is 1.09. The normalized spacial score (nSPS) is 16.0. The summed E-state index contributed by atoms with van der Waals surface area (Å²) in [6.45, 7) is 8.76. The minimum atomic E-state index is -3.38. The summed E-state index contributed by atoms with van der Waals surface area (Å²) in [7, 11) is -3.38. The zero-order valence-electron chi connectivity index (χ0n) is 17.7. The highest BCUT2D eigenvalue weighted by Crippen LogP contribution is 2.26. The molecular formula is C23H30N2O3S. The van der Waals surface area contributed by atoms with Crippen LogP contribution in [0.1, 0.15) is 40.7 Å². The molecule has 0 saturated carbocycles. The highest BCUT2D eigenvalue weighted by molar-refractivity contribution is 7.88. The van der Waals surface area contributed by atoms with Gasteiger partial charge in [0, 0.05) is 24.7 Å². The Kier molecular flexibility index (Phi) is 6.44. The number of hydrogen-bond acceptors (Lipinski definition) is 3. The molecule has 1 amide bonds. The third-order valence-corrected chi connectivity index (χ3v) is 7.42. The van der Waals surface area contributed by atoms with Crippen LogP contribution < -0.4 is 5.32 Å². The van der Waals surface area contributed by atoms with Gasteiger partial charge < -0.3 is 5.32 Å². The highest BCUT2D eigenvalue weighted by atomic mass is 32.2. The average molecular weight is 415 g/mol. The van der Waals surface area contributed by atoms with Gasteiger partial charge in [-0.25, -0.2) is 12.7 Å². The van der Waals surface area contributed by atoms with E-state index in [2.05, 4.69) is 17.4 Å². The number of aryl methyl sites for hydroxylation is 4. The smallest absolute Gasteiger partial charge is 0.227 e. The maximum Gasteiger partial charge on any atom is 0.227 e. The second-order valence-corrected chi connectivity index (χ2v) is 10.2. The number of nitrogens with one attached hydrogen (secondary N) is 1. The summed E-state index contributed by atoms with van der Waals surface area (Å²) < 4.78 is 27.1. The van der Waals surface area contributed by atoms with Crippen molar-refractivity contribution in [1.82, 2.24) is 4.31 Å². The van der Waals surface area contributed by atoms with Crippen molar-refractivity contribution in [1.29, 1.82) is 0 Å². The van der Waals surface area contributed by atoms with E-state index in [-0.39, 0.29) is 17.6 Å². The van der Waals surface area contributed by atoms with Crippen LogP contribution >= 0.6 is 0 Å². The summed E-state index contributed by atoms with van der Waals surface area (Å²) in [5.74, 6) is -0.177. The molecule has 0 atom stereocenters. The van der Waals surface area contributed by atoms with Gasteiger partial charge in [-0.3, -0.25) is 4.79 Å². The molecule has 1 N–H and O–H groups in total. The van der Waals surface area contributed by atoms with Gasteiger partial charge in [-0.1, -0.05) is 47.5 Å². The SMILES string of the molecule is Cc1cccc(CS(=O)(=O)N2CCC(C(=O)Nc3c(C)cc(C)cc3C)CC2)c1. The lowest BCUT2D eigenvalue weighted by molar-refractivity contribution is -0.120. The number of carbonyl (C=O) groups is 1. The molecule has 0 unspecified atom stereocenters. The zero-order chi connectivity index (χ0) is 21.2. The molecule has 0 radical (unpaired) electrons. The molecule has 5 nitrogen and oxygen atoms in total. The van der Waals surface area contributed by atoms with E-state index in [1.807, 2.05) is 52.0 Å². The first-order valence-electron chi connectivity index (χ1n) is 10.1. The molecule has 1 aliphatic heterocycles. The predicted molar refractivity (Wildman–Crippen MR) is 117 cm³/mol. The summed E-state index contributed by atoms with van der Waals surface area (Å²) in [6, 6.07) is 11.7. The van der Waals surface area contributed by atoms with Gasteiger partial charge in [0.25, 0.3) is 0 Å². The molecule has 0 aromatic heterocycles. The van der Waals surface area contributed by atoms with Crippen molar-refractivity contribution in [2.75, 3.05) is 18.4 Å². The van der Waals surface area contributed by atoms with Gasteiger partial charge in [0.1, 0.15) is 0 Å². The van der Waals surface area contributed by atoms with Crippen molar-refractivity contribution < 1.29 is 13.2 Å². The third kappa shape index (κ3) is 5.25. The molecule has 156 valence electrons. The highest BCUT2D eigenvalue weighted by Gasteiger charge is 2.31. The van der Waals surface area contributed by atoms with Crippen LogP contribution in [0.5, 0.6) is 0 Å². The number of piperidine rings is 1. The zero-order valence-corrected chi connectivity index (χ0v) is 18.5. The molecule has 6 heteroatoms. The van der Waals surface area contributed by atoms with Gasteiger partial charge in [-0.05, 0) is 57.2 Å². The van der Waals surface area contributed by atoms with Gasteiger partial charge >= 0.3 is 0 Å². The molecule has 1 heterocycles. The Balaban J connectivity index is 1.60. The molecule has 1 saturated heterocycles. The number of nitrogens with zero attached hydrogens (tertiary/aromatic N) is 1. The Morgan fingerprint density at radius 1 is 1.00 bits per heavy atom. The Morgan fingerprint density at radius 3 is 2.21 bits per heavy atom. The molecule has 0 bridgehead atoms. The molecule has 2 aromatic rings. The summed E-state index contributed by atoms with van der Waals surface area (Å²) in [5.41, 5.74) is 5.99. The Hall–Kier alpha value is -2.18. The van der Waals surface area contributed by atoms with Gasteiger partial charge in [-0.2, -0.15) is 0 Å². The second kappa shape index (κ2) is 8.67. The minimum Gasteiger partial charge on any atom is -0.325 e. The first-order chi connectivity index (χ1) is 13.7. The number of rotatable bonds is 5. The van der Waals surface area contributed by atoms with E-state index in [0.29, 0.717) is 25.9 Å². The van der Waals surface area contributed by atoms with Crippen molar-refractivity contribution in [3.8, 4) is 0 Å². The maximum atomic E-state index is 12.8. The molecule has 1 fully saturated rings. The lowest BCUT2D eigenvalue weighted by atomic mass is 9.96. The number of amides is 1. The molecule has 0 spiro atoms. The molecule has 1 aliphatic rings. The quantitative estimate of drug-likeness (QED) is 0.801. The number of carbonyl (C=O) groups excluding carboxylic acids is 1. The van der Waals surface area contributed by atoms with Crippen LogP contribution in [0.25, 0.3) is 0 Å². The fourth-order valence-corrected chi connectivity index (χ4v) is 5.65. The lowest BCUT2D eigenvalue weighted by Gasteiger charge is -2.31. The van der Waals surface area contributed by atoms with E-state index >= 15 is 0 Å². The van der Waals surface area contributed by atoms with Gasteiger partial charge in [0.05, 0.1) is 5.75 Å². The summed E-state index contributed by atoms with van der Waals surface area (Å²) >= 11 is 0. The molecule has 3 rings (SSSR count). The van der Waals surface area contributed by atoms with Crippen LogP contribution in [0.2, 0.25) is 0 Å². The number of sulfonamides is 1. The summed E-state index contributed by atoms with van der Waals surface area (Å²) in [4.78, 5) is 12.8. The fourth-order valence-electron chi connectivity index (χ4n) is 4.10. The van der Waals surface area contributed by atoms with Crippen molar-refractivity contribution in [2.24, 2.45) is 5.92 Å². The van der Waals surface area contributed by atoms with E-state index in [4.69, 9.17) is 0 Å². The monoisotopic (exact) mass is 414 g/mol. The largest absolute Gasteiger partial charge is 0.325 e. The van der Waals surface area contributed by atoms with E-state index < -0.39 is 10.0 Å². The predicted octanol–water partition coefficient (Wildman–Crippen LogP) is 4.10. The molecular weight excluding hydrogens is 384 g/mol. The topological polar surface area (TPSA) is 66.5 Å². The van der Waals surface area contributed by atoms with Gasteiger partial charge in [-0.15, -0.1) is 0 Å². The molecule has 29 heavy (non-hydrogen) atoms. The Bertz CT molecular complexity index is 984. The van der Waals surface area contributed by atoms with Crippen molar-refractivity contribution in [3.05, 3.63) is 64.2 Å². The van der Waals surface area contributed by atoms with Crippen LogP contribution in [-0.2, 0) is 20.6 Å². The fraction of sp³-hybridized carbons (Fsp3) is 0.435. The van der Waals surface area contributed by atoms with E-state index in [9.17, 15) is 13.2 Å². The van der Waals surface area contributed by atoms with E-state index in [1.54, 1.807) is 0 Å². The van der Waals surface area contributed by atoms with Crippen LogP contribution in [0.3, 0.4) is 0 Å². The lowest BCUT2D eigenvalue weighted by Crippen LogP contribution is -2.42. The van der Waals surface area contributed by atoms with Gasteiger partial charge in [0.2, 0.25) is 15.9 Å². The molecule has 2 aromatic carbocycles.